The van der Waals surface area contributed by atoms with Crippen LogP contribution in [0.4, 0.5) is 0 Å². The van der Waals surface area contributed by atoms with E-state index in [1.54, 1.807) is 13.0 Å². The van der Waals surface area contributed by atoms with E-state index in [0.717, 1.165) is 16.7 Å². The molecule has 0 aliphatic heterocycles. The highest BCUT2D eigenvalue weighted by molar-refractivity contribution is 7.89. The zero-order valence-corrected chi connectivity index (χ0v) is 14.2. The number of rotatable bonds is 5. The molecule has 2 N–H and O–H groups in total. The second kappa shape index (κ2) is 6.93. The van der Waals surface area contributed by atoms with Gasteiger partial charge in [-0.1, -0.05) is 35.9 Å². The lowest BCUT2D eigenvalue weighted by Gasteiger charge is -2.10. The summed E-state index contributed by atoms with van der Waals surface area (Å²) in [6, 6.07) is 12.4. The molecule has 0 aliphatic rings. The Bertz CT molecular complexity index is 829. The summed E-state index contributed by atoms with van der Waals surface area (Å²) < 4.78 is 26.0. The van der Waals surface area contributed by atoms with E-state index in [1.165, 1.54) is 19.2 Å². The minimum atomic E-state index is -3.57. The van der Waals surface area contributed by atoms with Crippen molar-refractivity contribution in [3.63, 3.8) is 0 Å². The van der Waals surface area contributed by atoms with Gasteiger partial charge in [-0.25, -0.2) is 13.1 Å². The topological polar surface area (TPSA) is 75.3 Å². The van der Waals surface area contributed by atoms with Gasteiger partial charge in [0.2, 0.25) is 10.0 Å². The van der Waals surface area contributed by atoms with Gasteiger partial charge < -0.3 is 5.32 Å². The maximum Gasteiger partial charge on any atom is 0.251 e. The Hall–Kier alpha value is -2.18. The molecule has 5 nitrogen and oxygen atoms in total. The van der Waals surface area contributed by atoms with Gasteiger partial charge in [-0.2, -0.15) is 0 Å². The molecule has 0 bridgehead atoms. The largest absolute Gasteiger partial charge is 0.348 e. The Labute approximate surface area is 136 Å². The second-order valence-corrected chi connectivity index (χ2v) is 7.24. The van der Waals surface area contributed by atoms with E-state index >= 15 is 0 Å². The van der Waals surface area contributed by atoms with E-state index in [2.05, 4.69) is 10.0 Å². The fraction of sp³-hybridized carbons (Fsp3) is 0.235. The lowest BCUT2D eigenvalue weighted by atomic mass is 10.1. The third-order valence-corrected chi connectivity index (χ3v) is 4.98. The highest BCUT2D eigenvalue weighted by Gasteiger charge is 2.16. The van der Waals surface area contributed by atoms with Crippen LogP contribution in [0.3, 0.4) is 0 Å². The van der Waals surface area contributed by atoms with Gasteiger partial charge in [-0.05, 0) is 44.2 Å². The number of carbonyl (C=O) groups excluding carboxylic acids is 1. The molecule has 23 heavy (non-hydrogen) atoms. The third-order valence-electron chi connectivity index (χ3n) is 3.57. The molecule has 0 unspecified atom stereocenters. The molecular formula is C17H20N2O3S. The molecule has 0 saturated carbocycles. The molecule has 2 aromatic rings. The summed E-state index contributed by atoms with van der Waals surface area (Å²) >= 11 is 0. The van der Waals surface area contributed by atoms with Crippen LogP contribution in [0.25, 0.3) is 0 Å². The van der Waals surface area contributed by atoms with Crippen LogP contribution in [0, 0.1) is 13.8 Å². The van der Waals surface area contributed by atoms with E-state index in [1.807, 2.05) is 31.2 Å². The minimum absolute atomic E-state index is 0.0753. The lowest BCUT2D eigenvalue weighted by molar-refractivity contribution is 0.0950. The molecule has 0 fully saturated rings. The molecule has 0 saturated heterocycles. The first kappa shape index (κ1) is 17.2. The molecule has 0 aliphatic carbocycles. The molecule has 6 heteroatoms. The van der Waals surface area contributed by atoms with Gasteiger partial charge in [-0.3, -0.25) is 4.79 Å². The molecular weight excluding hydrogens is 312 g/mol. The Morgan fingerprint density at radius 3 is 2.48 bits per heavy atom. The third kappa shape index (κ3) is 4.18. The molecule has 0 radical (unpaired) electrons. The van der Waals surface area contributed by atoms with Crippen LogP contribution in [0.5, 0.6) is 0 Å². The van der Waals surface area contributed by atoms with Gasteiger partial charge in [0.25, 0.3) is 5.91 Å². The average molecular weight is 332 g/mol. The summed E-state index contributed by atoms with van der Waals surface area (Å²) in [5.41, 5.74) is 3.20. The zero-order valence-electron chi connectivity index (χ0n) is 13.4. The number of nitrogens with one attached hydrogen (secondary N) is 2. The smallest absolute Gasteiger partial charge is 0.251 e. The number of hydrogen-bond acceptors (Lipinski definition) is 3. The van der Waals surface area contributed by atoms with Crippen LogP contribution < -0.4 is 10.0 Å². The fourth-order valence-corrected chi connectivity index (χ4v) is 2.99. The molecule has 122 valence electrons. The maximum absolute atomic E-state index is 12.4. The van der Waals surface area contributed by atoms with Gasteiger partial charge in [0.05, 0.1) is 4.90 Å². The summed E-state index contributed by atoms with van der Waals surface area (Å²) in [7, 11) is -2.23. The number of sulfonamides is 1. The Balaban J connectivity index is 2.20. The Morgan fingerprint density at radius 2 is 1.83 bits per heavy atom. The predicted molar refractivity (Wildman–Crippen MR) is 89.8 cm³/mol. The predicted octanol–water partition coefficient (Wildman–Crippen LogP) is 2.14. The number of aryl methyl sites for hydroxylation is 2. The first-order valence-corrected chi connectivity index (χ1v) is 8.70. The standard InChI is InChI=1S/C17H20N2O3S/c1-12-5-4-6-14(9-12)11-19-17(20)16-10-15(8-7-13(16)2)23(21,22)18-3/h4-10,18H,11H2,1-3H3,(H,19,20). The first-order valence-electron chi connectivity index (χ1n) is 7.21. The van der Waals surface area contributed by atoms with Crippen molar-refractivity contribution in [2.45, 2.75) is 25.3 Å². The fourth-order valence-electron chi connectivity index (χ4n) is 2.23. The van der Waals surface area contributed by atoms with Gasteiger partial charge in [0.15, 0.2) is 0 Å². The molecule has 2 aromatic carbocycles. The summed E-state index contributed by atoms with van der Waals surface area (Å²) in [5, 5.41) is 2.83. The van der Waals surface area contributed by atoms with E-state index in [4.69, 9.17) is 0 Å². The SMILES string of the molecule is CNS(=O)(=O)c1ccc(C)c(C(=O)NCc2cccc(C)c2)c1. The van der Waals surface area contributed by atoms with Crippen molar-refractivity contribution in [1.29, 1.82) is 0 Å². The van der Waals surface area contributed by atoms with Gasteiger partial charge in [-0.15, -0.1) is 0 Å². The van der Waals surface area contributed by atoms with Crippen molar-refractivity contribution in [2.75, 3.05) is 7.05 Å². The van der Waals surface area contributed by atoms with Crippen molar-refractivity contribution < 1.29 is 13.2 Å². The Kier molecular flexibility index (Phi) is 5.18. The number of carbonyl (C=O) groups is 1. The molecule has 0 heterocycles. The van der Waals surface area contributed by atoms with Gasteiger partial charge in [0.1, 0.15) is 0 Å². The molecule has 0 spiro atoms. The molecule has 2 rings (SSSR count). The van der Waals surface area contributed by atoms with E-state index in [9.17, 15) is 13.2 Å². The van der Waals surface area contributed by atoms with Crippen molar-refractivity contribution in [3.8, 4) is 0 Å². The number of benzene rings is 2. The Morgan fingerprint density at radius 1 is 1.09 bits per heavy atom. The van der Waals surface area contributed by atoms with Crippen molar-refractivity contribution in [1.82, 2.24) is 10.0 Å². The average Bonchev–Trinajstić information content (AvgIpc) is 2.53. The van der Waals surface area contributed by atoms with Crippen molar-refractivity contribution in [3.05, 3.63) is 64.7 Å². The first-order chi connectivity index (χ1) is 10.8. The normalized spacial score (nSPS) is 11.3. The van der Waals surface area contributed by atoms with Crippen LogP contribution in [-0.4, -0.2) is 21.4 Å². The summed E-state index contributed by atoms with van der Waals surface area (Å²) in [5.74, 6) is -0.294. The van der Waals surface area contributed by atoms with Crippen LogP contribution in [-0.2, 0) is 16.6 Å². The molecule has 0 aromatic heterocycles. The van der Waals surface area contributed by atoms with Crippen molar-refractivity contribution >= 4 is 15.9 Å². The van der Waals surface area contributed by atoms with Crippen LogP contribution in [0.2, 0.25) is 0 Å². The van der Waals surface area contributed by atoms with Crippen LogP contribution >= 0.6 is 0 Å². The summed E-state index contributed by atoms with van der Waals surface area (Å²) in [4.78, 5) is 12.4. The number of amides is 1. The number of hydrogen-bond donors (Lipinski definition) is 2. The lowest BCUT2D eigenvalue weighted by Crippen LogP contribution is -2.25. The molecule has 1 amide bonds. The maximum atomic E-state index is 12.4. The van der Waals surface area contributed by atoms with Crippen molar-refractivity contribution in [2.24, 2.45) is 0 Å². The van der Waals surface area contributed by atoms with E-state index < -0.39 is 10.0 Å². The van der Waals surface area contributed by atoms with Crippen LogP contribution in [0.15, 0.2) is 47.4 Å². The van der Waals surface area contributed by atoms with Gasteiger partial charge >= 0.3 is 0 Å². The summed E-state index contributed by atoms with van der Waals surface area (Å²) in [6.07, 6.45) is 0. The zero-order chi connectivity index (χ0) is 17.0. The minimum Gasteiger partial charge on any atom is -0.348 e. The van der Waals surface area contributed by atoms with Crippen LogP contribution in [0.1, 0.15) is 27.0 Å². The van der Waals surface area contributed by atoms with Gasteiger partial charge in [0, 0.05) is 12.1 Å². The second-order valence-electron chi connectivity index (χ2n) is 5.36. The van der Waals surface area contributed by atoms with E-state index in [0.29, 0.717) is 12.1 Å². The highest BCUT2D eigenvalue weighted by atomic mass is 32.2. The summed E-state index contributed by atoms with van der Waals surface area (Å²) in [6.45, 7) is 4.15. The molecule has 0 atom stereocenters. The quantitative estimate of drug-likeness (QED) is 0.881. The van der Waals surface area contributed by atoms with E-state index in [-0.39, 0.29) is 10.8 Å². The monoisotopic (exact) mass is 332 g/mol. The highest BCUT2D eigenvalue weighted by Crippen LogP contribution is 2.15.